The minimum absolute atomic E-state index is 0.00891. The van der Waals surface area contributed by atoms with E-state index in [1.165, 1.54) is 6.92 Å². The number of nitrogens with zero attached hydrogens (tertiary/aromatic N) is 2. The summed E-state index contributed by atoms with van der Waals surface area (Å²) in [6, 6.07) is 0. The van der Waals surface area contributed by atoms with Gasteiger partial charge in [-0.3, -0.25) is 0 Å². The average Bonchev–Trinajstić information content (AvgIpc) is 2.78. The van der Waals surface area contributed by atoms with Crippen LogP contribution >= 0.6 is 0 Å². The third-order valence-electron chi connectivity index (χ3n) is 2.33. The van der Waals surface area contributed by atoms with Crippen molar-refractivity contribution in [3.8, 4) is 11.8 Å². The van der Waals surface area contributed by atoms with Crippen LogP contribution in [0.4, 0.5) is 13.2 Å². The molecule has 8 heteroatoms. The number of aromatic nitrogens is 2. The first-order valence-electron chi connectivity index (χ1n) is 5.69. The van der Waals surface area contributed by atoms with Gasteiger partial charge in [-0.2, -0.15) is 13.2 Å². The molecule has 1 rings (SSSR count). The van der Waals surface area contributed by atoms with Gasteiger partial charge in [0.1, 0.15) is 5.69 Å². The third kappa shape index (κ3) is 3.51. The van der Waals surface area contributed by atoms with Crippen LogP contribution in [0, 0.1) is 11.8 Å². The number of esters is 1. The number of hydrogen-bond donors (Lipinski definition) is 1. The summed E-state index contributed by atoms with van der Waals surface area (Å²) in [6.07, 6.45) is -6.75. The van der Waals surface area contributed by atoms with Gasteiger partial charge in [-0.05, 0) is 13.8 Å². The first kappa shape index (κ1) is 16.0. The van der Waals surface area contributed by atoms with E-state index in [4.69, 9.17) is 0 Å². The molecule has 0 amide bonds. The number of carbonyl (C=O) groups excluding carboxylic acids is 1. The summed E-state index contributed by atoms with van der Waals surface area (Å²) in [7, 11) is 0. The third-order valence-corrected chi connectivity index (χ3v) is 2.33. The van der Waals surface area contributed by atoms with Crippen molar-refractivity contribution >= 4 is 5.97 Å². The molecule has 1 N–H and O–H groups in total. The highest BCUT2D eigenvalue weighted by atomic mass is 19.4. The molecule has 1 atom stereocenters. The Kier molecular flexibility index (Phi) is 5.16. The first-order valence-corrected chi connectivity index (χ1v) is 5.69. The second-order valence-corrected chi connectivity index (χ2v) is 3.70. The fraction of sp³-hybridized carbons (Fsp3) is 0.500. The molecule has 0 aromatic carbocycles. The van der Waals surface area contributed by atoms with Crippen molar-refractivity contribution in [3.63, 3.8) is 0 Å². The Bertz CT molecular complexity index is 540. The maximum absolute atomic E-state index is 12.5. The molecule has 0 bridgehead atoms. The molecule has 0 saturated carbocycles. The topological polar surface area (TPSA) is 64.3 Å². The van der Waals surface area contributed by atoms with Gasteiger partial charge in [0.25, 0.3) is 0 Å². The maximum Gasteiger partial charge on any atom is 0.420 e. The largest absolute Gasteiger partial charge is 0.461 e. The lowest BCUT2D eigenvalue weighted by molar-refractivity contribution is -0.208. The van der Waals surface area contributed by atoms with Crippen molar-refractivity contribution < 1.29 is 27.8 Å². The molecule has 1 unspecified atom stereocenters. The van der Waals surface area contributed by atoms with Crippen molar-refractivity contribution in [1.29, 1.82) is 0 Å². The van der Waals surface area contributed by atoms with Crippen LogP contribution in [-0.4, -0.2) is 33.4 Å². The quantitative estimate of drug-likeness (QED) is 0.677. The second-order valence-electron chi connectivity index (χ2n) is 3.70. The van der Waals surface area contributed by atoms with Gasteiger partial charge in [-0.1, -0.05) is 5.92 Å². The second kappa shape index (κ2) is 6.43. The minimum Gasteiger partial charge on any atom is -0.461 e. The molecule has 0 fully saturated rings. The summed E-state index contributed by atoms with van der Waals surface area (Å²) < 4.78 is 43.4. The van der Waals surface area contributed by atoms with Crippen LogP contribution in [0.25, 0.3) is 0 Å². The highest BCUT2D eigenvalue weighted by molar-refractivity contribution is 5.89. The van der Waals surface area contributed by atoms with E-state index in [-0.39, 0.29) is 13.2 Å². The molecular weight excluding hydrogens is 277 g/mol. The molecule has 1 aromatic heterocycles. The predicted molar refractivity (Wildman–Crippen MR) is 62.6 cm³/mol. The van der Waals surface area contributed by atoms with Crippen LogP contribution in [0.3, 0.4) is 0 Å². The Hall–Kier alpha value is -2.01. The number of ether oxygens (including phenoxy) is 1. The van der Waals surface area contributed by atoms with E-state index in [9.17, 15) is 23.1 Å². The summed E-state index contributed by atoms with van der Waals surface area (Å²) in [5.41, 5.74) is -1.23. The molecule has 1 heterocycles. The van der Waals surface area contributed by atoms with Crippen LogP contribution in [-0.2, 0) is 11.3 Å². The van der Waals surface area contributed by atoms with Crippen molar-refractivity contribution in [1.82, 2.24) is 9.55 Å². The molecule has 110 valence electrons. The average molecular weight is 290 g/mol. The predicted octanol–water partition coefficient (Wildman–Crippen LogP) is 1.68. The number of imidazole rings is 1. The molecule has 5 nitrogen and oxygen atoms in total. The molecule has 0 spiro atoms. The van der Waals surface area contributed by atoms with Gasteiger partial charge in [0.2, 0.25) is 0 Å². The lowest BCUT2D eigenvalue weighted by Gasteiger charge is -2.14. The van der Waals surface area contributed by atoms with E-state index in [1.807, 2.05) is 0 Å². The molecule has 0 saturated heterocycles. The smallest absolute Gasteiger partial charge is 0.420 e. The number of halogens is 3. The number of rotatable bonds is 4. The highest BCUT2D eigenvalue weighted by Gasteiger charge is 2.43. The number of alkyl halides is 3. The number of aliphatic hydroxyl groups is 1. The lowest BCUT2D eigenvalue weighted by atomic mass is 10.2. The van der Waals surface area contributed by atoms with Gasteiger partial charge in [0, 0.05) is 0 Å². The molecule has 20 heavy (non-hydrogen) atoms. The van der Waals surface area contributed by atoms with Gasteiger partial charge < -0.3 is 14.4 Å². The Labute approximate surface area is 113 Å². The zero-order valence-electron chi connectivity index (χ0n) is 10.9. The SMILES string of the molecule is CC#CCn1cnc(C(O)C(F)(F)F)c1C(=O)OCC. The van der Waals surface area contributed by atoms with Crippen LogP contribution < -0.4 is 0 Å². The van der Waals surface area contributed by atoms with Crippen molar-refractivity contribution in [2.45, 2.75) is 32.7 Å². The normalized spacial score (nSPS) is 12.5. The Balaban J connectivity index is 3.26. The molecule has 0 aliphatic rings. The lowest BCUT2D eigenvalue weighted by Crippen LogP contribution is -2.24. The molecule has 0 aliphatic heterocycles. The van der Waals surface area contributed by atoms with Gasteiger partial charge >= 0.3 is 12.1 Å². The summed E-state index contributed by atoms with van der Waals surface area (Å²) in [6.45, 7) is 3.03. The highest BCUT2D eigenvalue weighted by Crippen LogP contribution is 2.33. The first-order chi connectivity index (χ1) is 9.32. The van der Waals surface area contributed by atoms with Gasteiger partial charge in [0.15, 0.2) is 11.8 Å². The maximum atomic E-state index is 12.5. The molecule has 0 aliphatic carbocycles. The van der Waals surface area contributed by atoms with E-state index in [2.05, 4.69) is 21.6 Å². The van der Waals surface area contributed by atoms with E-state index in [0.29, 0.717) is 0 Å². The van der Waals surface area contributed by atoms with Crippen LogP contribution in [0.5, 0.6) is 0 Å². The van der Waals surface area contributed by atoms with Crippen LogP contribution in [0.2, 0.25) is 0 Å². The van der Waals surface area contributed by atoms with Crippen LogP contribution in [0.1, 0.15) is 36.1 Å². The summed E-state index contributed by atoms with van der Waals surface area (Å²) in [4.78, 5) is 15.2. The fourth-order valence-electron chi connectivity index (χ4n) is 1.46. The van der Waals surface area contributed by atoms with E-state index >= 15 is 0 Å². The van der Waals surface area contributed by atoms with E-state index < -0.39 is 29.6 Å². The fourth-order valence-corrected chi connectivity index (χ4v) is 1.46. The number of aliphatic hydroxyl groups excluding tert-OH is 1. The Morgan fingerprint density at radius 1 is 1.60 bits per heavy atom. The Morgan fingerprint density at radius 2 is 2.25 bits per heavy atom. The van der Waals surface area contributed by atoms with Gasteiger partial charge in [-0.25, -0.2) is 9.78 Å². The zero-order valence-corrected chi connectivity index (χ0v) is 10.9. The van der Waals surface area contributed by atoms with Gasteiger partial charge in [0.05, 0.1) is 19.5 Å². The molecular formula is C12H13F3N2O3. The minimum atomic E-state index is -4.92. The molecule has 0 radical (unpaired) electrons. The van der Waals surface area contributed by atoms with E-state index in [1.54, 1.807) is 6.92 Å². The zero-order chi connectivity index (χ0) is 15.3. The van der Waals surface area contributed by atoms with E-state index in [0.717, 1.165) is 10.9 Å². The Morgan fingerprint density at radius 3 is 2.75 bits per heavy atom. The monoisotopic (exact) mass is 290 g/mol. The van der Waals surface area contributed by atoms with Crippen molar-refractivity contribution in [2.75, 3.05) is 6.61 Å². The molecule has 1 aromatic rings. The summed E-state index contributed by atoms with van der Waals surface area (Å²) >= 11 is 0. The number of carbonyl (C=O) groups is 1. The van der Waals surface area contributed by atoms with Crippen molar-refractivity contribution in [2.24, 2.45) is 0 Å². The number of hydrogen-bond acceptors (Lipinski definition) is 4. The van der Waals surface area contributed by atoms with Crippen LogP contribution in [0.15, 0.2) is 6.33 Å². The standard InChI is InChI=1S/C12H13F3N2O3/c1-3-5-6-17-7-16-8(10(18)12(13,14)15)9(17)11(19)20-4-2/h7,10,18H,4,6H2,1-2H3. The summed E-state index contributed by atoms with van der Waals surface area (Å²) in [5.74, 6) is 4.16. The van der Waals surface area contributed by atoms with Crippen molar-refractivity contribution in [3.05, 3.63) is 17.7 Å². The van der Waals surface area contributed by atoms with Gasteiger partial charge in [-0.15, -0.1) is 5.92 Å². The summed E-state index contributed by atoms with van der Waals surface area (Å²) in [5, 5.41) is 9.25.